The number of nitrogens with one attached hydrogen (secondary N) is 1. The first-order valence-electron chi connectivity index (χ1n) is 5.07. The summed E-state index contributed by atoms with van der Waals surface area (Å²) in [7, 11) is 1.78. The summed E-state index contributed by atoms with van der Waals surface area (Å²) in [5, 5.41) is 4.71. The molecule has 2 rings (SSSR count). The molecule has 18 heavy (non-hydrogen) atoms. The number of aromatic nitrogens is 2. The third-order valence-electron chi connectivity index (χ3n) is 2.29. The van der Waals surface area contributed by atoms with Gasteiger partial charge in [-0.2, -0.15) is 0 Å². The SMILES string of the molecule is CC(=O)c1csc(NC(=O)c2cc(Br)cn2C)n1. The van der Waals surface area contributed by atoms with E-state index in [1.165, 1.54) is 18.3 Å². The van der Waals surface area contributed by atoms with Gasteiger partial charge in [0.1, 0.15) is 11.4 Å². The normalized spacial score (nSPS) is 10.4. The molecule has 0 aliphatic carbocycles. The zero-order valence-electron chi connectivity index (χ0n) is 9.73. The van der Waals surface area contributed by atoms with Crippen LogP contribution in [0, 0.1) is 0 Å². The summed E-state index contributed by atoms with van der Waals surface area (Å²) >= 11 is 4.53. The molecule has 2 aromatic heterocycles. The van der Waals surface area contributed by atoms with Gasteiger partial charge in [0.15, 0.2) is 10.9 Å². The van der Waals surface area contributed by atoms with Gasteiger partial charge in [-0.25, -0.2) is 4.98 Å². The second-order valence-electron chi connectivity index (χ2n) is 3.70. The topological polar surface area (TPSA) is 64.0 Å². The van der Waals surface area contributed by atoms with Crippen molar-refractivity contribution in [3.05, 3.63) is 33.5 Å². The number of anilines is 1. The molecule has 0 saturated carbocycles. The first-order chi connectivity index (χ1) is 8.47. The lowest BCUT2D eigenvalue weighted by atomic mass is 10.4. The fourth-order valence-corrected chi connectivity index (χ4v) is 2.67. The van der Waals surface area contributed by atoms with E-state index in [1.54, 1.807) is 29.3 Å². The predicted molar refractivity (Wildman–Crippen MR) is 73.2 cm³/mol. The summed E-state index contributed by atoms with van der Waals surface area (Å²) in [5.41, 5.74) is 0.879. The molecule has 0 spiro atoms. The van der Waals surface area contributed by atoms with Gasteiger partial charge in [-0.1, -0.05) is 0 Å². The summed E-state index contributed by atoms with van der Waals surface area (Å²) in [4.78, 5) is 27.1. The zero-order valence-corrected chi connectivity index (χ0v) is 12.1. The number of thiazole rings is 1. The fraction of sp³-hybridized carbons (Fsp3) is 0.182. The van der Waals surface area contributed by atoms with E-state index in [2.05, 4.69) is 26.2 Å². The number of Topliss-reactive ketones (excluding diaryl/α,β-unsaturated/α-hetero) is 1. The second-order valence-corrected chi connectivity index (χ2v) is 5.48. The third-order valence-corrected chi connectivity index (χ3v) is 3.48. The van der Waals surface area contributed by atoms with E-state index in [-0.39, 0.29) is 11.7 Å². The van der Waals surface area contributed by atoms with E-state index in [1.807, 2.05) is 0 Å². The van der Waals surface area contributed by atoms with E-state index < -0.39 is 0 Å². The highest BCUT2D eigenvalue weighted by atomic mass is 79.9. The number of rotatable bonds is 3. The van der Waals surface area contributed by atoms with E-state index in [9.17, 15) is 9.59 Å². The van der Waals surface area contributed by atoms with E-state index in [0.717, 1.165) is 4.47 Å². The van der Waals surface area contributed by atoms with Crippen LogP contribution in [0.1, 0.15) is 27.9 Å². The van der Waals surface area contributed by atoms with Crippen LogP contribution in [-0.2, 0) is 7.05 Å². The molecule has 2 heterocycles. The molecule has 1 N–H and O–H groups in total. The van der Waals surface area contributed by atoms with Crippen LogP contribution < -0.4 is 5.32 Å². The van der Waals surface area contributed by atoms with Crippen LogP contribution in [0.2, 0.25) is 0 Å². The Labute approximate surface area is 116 Å². The van der Waals surface area contributed by atoms with E-state index in [4.69, 9.17) is 0 Å². The van der Waals surface area contributed by atoms with Crippen molar-refractivity contribution in [2.24, 2.45) is 7.05 Å². The summed E-state index contributed by atoms with van der Waals surface area (Å²) in [6.45, 7) is 1.44. The van der Waals surface area contributed by atoms with Gasteiger partial charge < -0.3 is 4.57 Å². The highest BCUT2D eigenvalue weighted by Crippen LogP contribution is 2.18. The number of halogens is 1. The Kier molecular flexibility index (Phi) is 3.63. The maximum Gasteiger partial charge on any atom is 0.274 e. The number of ketones is 1. The Morgan fingerprint density at radius 3 is 2.72 bits per heavy atom. The fourth-order valence-electron chi connectivity index (χ4n) is 1.40. The Balaban J connectivity index is 2.16. The minimum Gasteiger partial charge on any atom is -0.345 e. The summed E-state index contributed by atoms with van der Waals surface area (Å²) in [6, 6.07) is 1.72. The van der Waals surface area contributed by atoms with Gasteiger partial charge in [-0.3, -0.25) is 14.9 Å². The van der Waals surface area contributed by atoms with E-state index in [0.29, 0.717) is 16.5 Å². The Morgan fingerprint density at radius 1 is 1.50 bits per heavy atom. The lowest BCUT2D eigenvalue weighted by Gasteiger charge is -2.02. The first kappa shape index (κ1) is 13.0. The molecule has 1 amide bonds. The predicted octanol–water partition coefficient (Wildman–Crippen LogP) is 2.70. The van der Waals surface area contributed by atoms with Crippen molar-refractivity contribution in [1.29, 1.82) is 0 Å². The van der Waals surface area contributed by atoms with Crippen LogP contribution >= 0.6 is 27.3 Å². The minimum absolute atomic E-state index is 0.117. The average Bonchev–Trinajstić information content (AvgIpc) is 2.85. The number of carbonyl (C=O) groups is 2. The molecule has 0 aliphatic rings. The molecule has 0 aliphatic heterocycles. The minimum atomic E-state index is -0.257. The lowest BCUT2D eigenvalue weighted by molar-refractivity contribution is 0.100. The van der Waals surface area contributed by atoms with Crippen molar-refractivity contribution >= 4 is 44.1 Å². The highest BCUT2D eigenvalue weighted by Gasteiger charge is 2.13. The number of carbonyl (C=O) groups excluding carboxylic acids is 2. The van der Waals surface area contributed by atoms with Crippen LogP contribution in [0.3, 0.4) is 0 Å². The number of amides is 1. The molecule has 0 saturated heterocycles. The molecule has 0 fully saturated rings. The van der Waals surface area contributed by atoms with Crippen LogP contribution in [0.15, 0.2) is 22.1 Å². The van der Waals surface area contributed by atoms with Crippen LogP contribution in [0.4, 0.5) is 5.13 Å². The Hall–Kier alpha value is -1.47. The van der Waals surface area contributed by atoms with Gasteiger partial charge in [-0.15, -0.1) is 11.3 Å². The first-order valence-corrected chi connectivity index (χ1v) is 6.74. The average molecular weight is 328 g/mol. The van der Waals surface area contributed by atoms with Crippen molar-refractivity contribution in [3.63, 3.8) is 0 Å². The van der Waals surface area contributed by atoms with Crippen molar-refractivity contribution < 1.29 is 9.59 Å². The van der Waals surface area contributed by atoms with Crippen molar-refractivity contribution in [2.75, 3.05) is 5.32 Å². The van der Waals surface area contributed by atoms with Crippen molar-refractivity contribution in [3.8, 4) is 0 Å². The van der Waals surface area contributed by atoms with Crippen LogP contribution in [0.5, 0.6) is 0 Å². The number of nitrogens with zero attached hydrogens (tertiary/aromatic N) is 2. The number of aryl methyl sites for hydroxylation is 1. The van der Waals surface area contributed by atoms with Gasteiger partial charge in [0.2, 0.25) is 0 Å². The second kappa shape index (κ2) is 5.03. The number of hydrogen-bond donors (Lipinski definition) is 1. The van der Waals surface area contributed by atoms with E-state index >= 15 is 0 Å². The Bertz CT molecular complexity index is 618. The number of hydrogen-bond acceptors (Lipinski definition) is 4. The largest absolute Gasteiger partial charge is 0.345 e. The zero-order chi connectivity index (χ0) is 13.3. The van der Waals surface area contributed by atoms with Gasteiger partial charge in [0.25, 0.3) is 5.91 Å². The summed E-state index contributed by atoms with van der Waals surface area (Å²) in [5.74, 6) is -0.374. The summed E-state index contributed by atoms with van der Waals surface area (Å²) < 4.78 is 2.54. The summed E-state index contributed by atoms with van der Waals surface area (Å²) in [6.07, 6.45) is 1.79. The molecule has 0 aromatic carbocycles. The molecular formula is C11H10BrN3O2S. The van der Waals surface area contributed by atoms with Gasteiger partial charge >= 0.3 is 0 Å². The quantitative estimate of drug-likeness (QED) is 0.881. The maximum absolute atomic E-state index is 12.0. The van der Waals surface area contributed by atoms with Gasteiger partial charge in [0, 0.05) is 30.0 Å². The molecule has 0 bridgehead atoms. The van der Waals surface area contributed by atoms with Gasteiger partial charge in [0.05, 0.1) is 0 Å². The highest BCUT2D eigenvalue weighted by molar-refractivity contribution is 9.10. The molecule has 5 nitrogen and oxygen atoms in total. The molecule has 0 atom stereocenters. The van der Waals surface area contributed by atoms with Crippen LogP contribution in [-0.4, -0.2) is 21.2 Å². The molecule has 2 aromatic rings. The third kappa shape index (κ3) is 2.68. The molecule has 94 valence electrons. The maximum atomic E-state index is 12.0. The van der Waals surface area contributed by atoms with Crippen molar-refractivity contribution in [2.45, 2.75) is 6.92 Å². The smallest absolute Gasteiger partial charge is 0.274 e. The lowest BCUT2D eigenvalue weighted by Crippen LogP contribution is -2.15. The standard InChI is InChI=1S/C11H10BrN3O2S/c1-6(16)8-5-18-11(13-8)14-10(17)9-3-7(12)4-15(9)2/h3-5H,1-2H3,(H,13,14,17). The monoisotopic (exact) mass is 327 g/mol. The van der Waals surface area contributed by atoms with Crippen LogP contribution in [0.25, 0.3) is 0 Å². The molecule has 0 unspecified atom stereocenters. The molecular weight excluding hydrogens is 318 g/mol. The van der Waals surface area contributed by atoms with Crippen molar-refractivity contribution in [1.82, 2.24) is 9.55 Å². The molecule has 7 heteroatoms. The Morgan fingerprint density at radius 2 is 2.22 bits per heavy atom. The molecule has 0 radical (unpaired) electrons. The van der Waals surface area contributed by atoms with Gasteiger partial charge in [-0.05, 0) is 22.0 Å².